The third-order valence-electron chi connectivity index (χ3n) is 3.76. The number of esters is 1. The van der Waals surface area contributed by atoms with Gasteiger partial charge in [0.15, 0.2) is 0 Å². The minimum absolute atomic E-state index is 0.0973. The van der Waals surface area contributed by atoms with Gasteiger partial charge in [0.05, 0.1) is 4.92 Å². The van der Waals surface area contributed by atoms with Crippen molar-refractivity contribution in [2.75, 3.05) is 0 Å². The van der Waals surface area contributed by atoms with Crippen molar-refractivity contribution in [1.29, 1.82) is 0 Å². The van der Waals surface area contributed by atoms with Crippen molar-refractivity contribution in [3.63, 3.8) is 0 Å². The van der Waals surface area contributed by atoms with E-state index < -0.39 is 29.3 Å². The van der Waals surface area contributed by atoms with Gasteiger partial charge in [-0.3, -0.25) is 14.9 Å². The Labute approximate surface area is 153 Å². The number of non-ortho nitro benzene ring substituents is 1. The molecule has 9 nitrogen and oxygen atoms in total. The quantitative estimate of drug-likeness (QED) is 0.372. The lowest BCUT2D eigenvalue weighted by molar-refractivity contribution is -0.385. The summed E-state index contributed by atoms with van der Waals surface area (Å²) in [6.45, 7) is 1.15. The van der Waals surface area contributed by atoms with Crippen molar-refractivity contribution in [3.8, 4) is 11.5 Å². The number of ether oxygens (including phenoxy) is 1. The van der Waals surface area contributed by atoms with Gasteiger partial charge in [0.1, 0.15) is 12.6 Å². The first-order chi connectivity index (χ1) is 12.9. The van der Waals surface area contributed by atoms with E-state index in [1.54, 1.807) is 37.3 Å². The van der Waals surface area contributed by atoms with Crippen LogP contribution in [0.3, 0.4) is 0 Å². The summed E-state index contributed by atoms with van der Waals surface area (Å²) in [7, 11) is 0. The van der Waals surface area contributed by atoms with Crippen LogP contribution < -0.4 is 5.76 Å². The number of benzene rings is 2. The van der Waals surface area contributed by atoms with Gasteiger partial charge < -0.3 is 9.15 Å². The van der Waals surface area contributed by atoms with Gasteiger partial charge in [0.2, 0.25) is 5.89 Å². The molecule has 0 aliphatic heterocycles. The molecule has 0 unspecified atom stereocenters. The molecule has 9 heteroatoms. The lowest BCUT2D eigenvalue weighted by Gasteiger charge is -2.13. The van der Waals surface area contributed by atoms with E-state index in [0.717, 1.165) is 4.68 Å². The van der Waals surface area contributed by atoms with E-state index in [4.69, 9.17) is 9.15 Å². The van der Waals surface area contributed by atoms with Crippen molar-refractivity contribution >= 4 is 11.7 Å². The molecule has 138 valence electrons. The van der Waals surface area contributed by atoms with Gasteiger partial charge in [-0.2, -0.15) is 4.68 Å². The monoisotopic (exact) mass is 369 g/mol. The second kappa shape index (κ2) is 7.65. The maximum absolute atomic E-state index is 12.1. The predicted molar refractivity (Wildman–Crippen MR) is 93.8 cm³/mol. The molecule has 0 saturated heterocycles. The minimum atomic E-state index is -0.784. The Morgan fingerprint density at radius 1 is 1.26 bits per heavy atom. The van der Waals surface area contributed by atoms with E-state index in [-0.39, 0.29) is 11.6 Å². The molecule has 0 radical (unpaired) electrons. The van der Waals surface area contributed by atoms with Crippen molar-refractivity contribution in [2.45, 2.75) is 19.6 Å². The third kappa shape index (κ3) is 4.27. The molecule has 1 atom stereocenters. The molecule has 1 aromatic heterocycles. The van der Waals surface area contributed by atoms with Crippen LogP contribution in [0.2, 0.25) is 0 Å². The van der Waals surface area contributed by atoms with Gasteiger partial charge in [-0.15, -0.1) is 5.10 Å². The average molecular weight is 369 g/mol. The van der Waals surface area contributed by atoms with Crippen LogP contribution in [-0.4, -0.2) is 20.7 Å². The van der Waals surface area contributed by atoms with E-state index in [0.29, 0.717) is 11.1 Å². The van der Waals surface area contributed by atoms with Crippen LogP contribution in [0.5, 0.6) is 0 Å². The molecule has 3 rings (SSSR count). The van der Waals surface area contributed by atoms with E-state index >= 15 is 0 Å². The molecule has 0 saturated carbocycles. The summed E-state index contributed by atoms with van der Waals surface area (Å²) in [4.78, 5) is 34.3. The molecule has 3 aromatic rings. The van der Waals surface area contributed by atoms with E-state index in [1.165, 1.54) is 18.2 Å². The number of nitro groups is 1. The first kappa shape index (κ1) is 18.1. The zero-order valence-corrected chi connectivity index (χ0v) is 14.3. The molecule has 0 N–H and O–H groups in total. The lowest BCUT2D eigenvalue weighted by Crippen LogP contribution is -2.23. The van der Waals surface area contributed by atoms with E-state index in [1.807, 2.05) is 6.07 Å². The van der Waals surface area contributed by atoms with Crippen molar-refractivity contribution in [1.82, 2.24) is 9.78 Å². The average Bonchev–Trinajstić information content (AvgIpc) is 3.03. The van der Waals surface area contributed by atoms with Crippen molar-refractivity contribution < 1.29 is 18.9 Å². The van der Waals surface area contributed by atoms with Gasteiger partial charge in [-0.25, -0.2) is 4.79 Å². The van der Waals surface area contributed by atoms with Gasteiger partial charge in [-0.1, -0.05) is 30.3 Å². The predicted octanol–water partition coefficient (Wildman–Crippen LogP) is 2.72. The first-order valence-electron chi connectivity index (χ1n) is 8.01. The first-order valence-corrected chi connectivity index (χ1v) is 8.01. The van der Waals surface area contributed by atoms with Gasteiger partial charge in [0, 0.05) is 17.7 Å². The summed E-state index contributed by atoms with van der Waals surface area (Å²) < 4.78 is 11.2. The molecule has 1 heterocycles. The second-order valence-corrected chi connectivity index (χ2v) is 5.68. The summed E-state index contributed by atoms with van der Waals surface area (Å²) in [5, 5.41) is 14.8. The van der Waals surface area contributed by atoms with Crippen LogP contribution in [0, 0.1) is 10.1 Å². The molecule has 2 aromatic carbocycles. The number of hydrogen-bond acceptors (Lipinski definition) is 7. The fraction of sp³-hybridized carbons (Fsp3) is 0.167. The fourth-order valence-corrected chi connectivity index (χ4v) is 2.42. The van der Waals surface area contributed by atoms with E-state index in [9.17, 15) is 19.7 Å². The van der Waals surface area contributed by atoms with Crippen LogP contribution in [-0.2, 0) is 16.1 Å². The standard InChI is InChI=1S/C18H15N3O6/c1-12(14-8-5-9-15(10-14)21(24)25)26-16(22)11-20-18(23)27-17(19-20)13-6-3-2-4-7-13/h2-10,12H,11H2,1H3/t12-/m0/s1. The van der Waals surface area contributed by atoms with Crippen LogP contribution in [0.1, 0.15) is 18.6 Å². The van der Waals surface area contributed by atoms with Crippen molar-refractivity contribution in [3.05, 3.63) is 80.8 Å². The Morgan fingerprint density at radius 2 is 2.00 bits per heavy atom. The number of rotatable bonds is 6. The fourth-order valence-electron chi connectivity index (χ4n) is 2.42. The Hall–Kier alpha value is -3.75. The topological polar surface area (TPSA) is 117 Å². The summed E-state index contributed by atoms with van der Waals surface area (Å²) in [5.74, 6) is -1.40. The maximum Gasteiger partial charge on any atom is 0.437 e. The van der Waals surface area contributed by atoms with Gasteiger partial charge >= 0.3 is 11.7 Å². The highest BCUT2D eigenvalue weighted by Crippen LogP contribution is 2.22. The number of nitro benzene ring substituents is 1. The Balaban J connectivity index is 1.69. The summed E-state index contributed by atoms with van der Waals surface area (Å²) in [5.41, 5.74) is 0.970. The number of hydrogen-bond donors (Lipinski definition) is 0. The Kier molecular flexibility index (Phi) is 5.11. The van der Waals surface area contributed by atoms with Gasteiger partial charge in [0.25, 0.3) is 5.69 Å². The second-order valence-electron chi connectivity index (χ2n) is 5.68. The van der Waals surface area contributed by atoms with E-state index in [2.05, 4.69) is 5.10 Å². The summed E-state index contributed by atoms with van der Waals surface area (Å²) in [6.07, 6.45) is -0.728. The SMILES string of the molecule is C[C@H](OC(=O)Cn1nc(-c2ccccc2)oc1=O)c1cccc([N+](=O)[O-])c1. The number of nitrogens with zero attached hydrogens (tertiary/aromatic N) is 3. The molecule has 27 heavy (non-hydrogen) atoms. The lowest BCUT2D eigenvalue weighted by atomic mass is 10.1. The minimum Gasteiger partial charge on any atom is -0.456 e. The molecular weight excluding hydrogens is 354 g/mol. The largest absolute Gasteiger partial charge is 0.456 e. The molecular formula is C18H15N3O6. The highest BCUT2D eigenvalue weighted by molar-refractivity contribution is 5.69. The molecule has 0 fully saturated rings. The number of carbonyl (C=O) groups excluding carboxylic acids is 1. The van der Waals surface area contributed by atoms with Crippen LogP contribution >= 0.6 is 0 Å². The molecule has 0 aliphatic rings. The van der Waals surface area contributed by atoms with Crippen LogP contribution in [0.25, 0.3) is 11.5 Å². The third-order valence-corrected chi connectivity index (χ3v) is 3.76. The Morgan fingerprint density at radius 3 is 2.70 bits per heavy atom. The molecule has 0 amide bonds. The normalized spacial score (nSPS) is 11.7. The summed E-state index contributed by atoms with van der Waals surface area (Å²) in [6, 6.07) is 14.6. The highest BCUT2D eigenvalue weighted by Gasteiger charge is 2.18. The Bertz CT molecular complexity index is 1020. The van der Waals surface area contributed by atoms with Crippen LogP contribution in [0.15, 0.2) is 63.8 Å². The number of carbonyl (C=O) groups is 1. The maximum atomic E-state index is 12.1. The molecule has 0 aliphatic carbocycles. The molecule has 0 bridgehead atoms. The number of aromatic nitrogens is 2. The zero-order valence-electron chi connectivity index (χ0n) is 14.3. The summed E-state index contributed by atoms with van der Waals surface area (Å²) >= 11 is 0. The molecule has 0 spiro atoms. The van der Waals surface area contributed by atoms with Gasteiger partial charge in [-0.05, 0) is 24.6 Å². The van der Waals surface area contributed by atoms with Crippen molar-refractivity contribution in [2.24, 2.45) is 0 Å². The highest BCUT2D eigenvalue weighted by atomic mass is 16.6. The smallest absolute Gasteiger partial charge is 0.437 e. The van der Waals surface area contributed by atoms with Crippen LogP contribution in [0.4, 0.5) is 5.69 Å². The zero-order chi connectivity index (χ0) is 19.4.